The van der Waals surface area contributed by atoms with E-state index in [4.69, 9.17) is 0 Å². The smallest absolute Gasteiger partial charge is 0.225 e. The maximum absolute atomic E-state index is 12.1. The van der Waals surface area contributed by atoms with Gasteiger partial charge in [0.25, 0.3) is 0 Å². The number of hydrogen-bond donors (Lipinski definition) is 3. The number of benzene rings is 2. The number of phenols is 2. The summed E-state index contributed by atoms with van der Waals surface area (Å²) in [5.74, 6) is 0.274. The molecule has 3 rings (SSSR count). The average Bonchev–Trinajstić information content (AvgIpc) is 2.50. The van der Waals surface area contributed by atoms with Gasteiger partial charge >= 0.3 is 0 Å². The molecule has 2 aromatic rings. The van der Waals surface area contributed by atoms with Crippen LogP contribution in [-0.2, 0) is 11.3 Å². The number of amides is 1. The standard InChI is InChI=1S/C19H22N2O3/c1-11-6-15-14(8-19(24)20-16(15)9-18(11)23)12-4-5-17(22)13(7-12)10-21(2)3/h4-7,9,14,22-23H,8,10H2,1-3H3,(H,20,24). The van der Waals surface area contributed by atoms with Crippen molar-refractivity contribution >= 4 is 11.6 Å². The molecule has 0 saturated carbocycles. The van der Waals surface area contributed by atoms with Gasteiger partial charge in [-0.2, -0.15) is 0 Å². The molecule has 3 N–H and O–H groups in total. The average molecular weight is 326 g/mol. The number of aryl methyl sites for hydroxylation is 1. The first kappa shape index (κ1) is 16.3. The topological polar surface area (TPSA) is 72.8 Å². The van der Waals surface area contributed by atoms with Crippen LogP contribution < -0.4 is 5.32 Å². The number of anilines is 1. The van der Waals surface area contributed by atoms with Crippen LogP contribution in [0.5, 0.6) is 11.5 Å². The molecule has 0 aliphatic carbocycles. The molecule has 0 saturated heterocycles. The first-order valence-corrected chi connectivity index (χ1v) is 7.95. The maximum Gasteiger partial charge on any atom is 0.225 e. The highest BCUT2D eigenvalue weighted by Gasteiger charge is 2.28. The zero-order chi connectivity index (χ0) is 17.4. The molecule has 5 heteroatoms. The summed E-state index contributed by atoms with van der Waals surface area (Å²) >= 11 is 0. The molecule has 5 nitrogen and oxygen atoms in total. The third-order valence-corrected chi connectivity index (χ3v) is 4.40. The van der Waals surface area contributed by atoms with E-state index in [1.807, 2.05) is 44.1 Å². The first-order valence-electron chi connectivity index (χ1n) is 7.95. The van der Waals surface area contributed by atoms with Crippen molar-refractivity contribution in [3.05, 3.63) is 52.6 Å². The van der Waals surface area contributed by atoms with Gasteiger partial charge in [0.05, 0.1) is 0 Å². The Morgan fingerprint density at radius 2 is 1.92 bits per heavy atom. The van der Waals surface area contributed by atoms with Gasteiger partial charge in [0, 0.05) is 36.2 Å². The number of phenolic OH excluding ortho intramolecular Hbond substituents is 2. The number of carbonyl (C=O) groups is 1. The lowest BCUT2D eigenvalue weighted by molar-refractivity contribution is -0.116. The van der Waals surface area contributed by atoms with Crippen LogP contribution in [0.25, 0.3) is 0 Å². The van der Waals surface area contributed by atoms with Gasteiger partial charge in [-0.3, -0.25) is 4.79 Å². The van der Waals surface area contributed by atoms with E-state index in [0.717, 1.165) is 22.3 Å². The Labute approximate surface area is 141 Å². The highest BCUT2D eigenvalue weighted by atomic mass is 16.3. The van der Waals surface area contributed by atoms with Gasteiger partial charge in [-0.05, 0) is 49.8 Å². The molecular formula is C19H22N2O3. The molecule has 0 fully saturated rings. The zero-order valence-corrected chi connectivity index (χ0v) is 14.1. The lowest BCUT2D eigenvalue weighted by Gasteiger charge is -2.27. The molecule has 1 heterocycles. The fourth-order valence-corrected chi connectivity index (χ4v) is 3.20. The van der Waals surface area contributed by atoms with E-state index in [-0.39, 0.29) is 23.3 Å². The van der Waals surface area contributed by atoms with Gasteiger partial charge in [-0.1, -0.05) is 12.1 Å². The van der Waals surface area contributed by atoms with Gasteiger partial charge in [-0.25, -0.2) is 0 Å². The molecule has 1 aliphatic rings. The van der Waals surface area contributed by atoms with E-state index >= 15 is 0 Å². The maximum atomic E-state index is 12.1. The van der Waals surface area contributed by atoms with Crippen LogP contribution in [0, 0.1) is 6.92 Å². The lowest BCUT2D eigenvalue weighted by Crippen LogP contribution is -2.23. The van der Waals surface area contributed by atoms with Crippen LogP contribution in [0.1, 0.15) is 34.6 Å². The van der Waals surface area contributed by atoms with E-state index in [2.05, 4.69) is 5.32 Å². The Morgan fingerprint density at radius 3 is 2.62 bits per heavy atom. The second kappa shape index (κ2) is 6.17. The minimum Gasteiger partial charge on any atom is -0.508 e. The molecule has 0 spiro atoms. The Bertz CT molecular complexity index is 799. The first-order chi connectivity index (χ1) is 11.3. The Hall–Kier alpha value is -2.53. The minimum atomic E-state index is -0.0884. The number of fused-ring (bicyclic) bond motifs is 1. The van der Waals surface area contributed by atoms with Crippen LogP contribution in [0.3, 0.4) is 0 Å². The summed E-state index contributed by atoms with van der Waals surface area (Å²) in [5.41, 5.74) is 4.25. The van der Waals surface area contributed by atoms with Crippen molar-refractivity contribution in [3.8, 4) is 11.5 Å². The summed E-state index contributed by atoms with van der Waals surface area (Å²) in [7, 11) is 3.89. The van der Waals surface area contributed by atoms with Gasteiger partial charge in [0.15, 0.2) is 0 Å². The largest absolute Gasteiger partial charge is 0.508 e. The molecule has 1 atom stereocenters. The number of nitrogens with zero attached hydrogens (tertiary/aromatic N) is 1. The van der Waals surface area contributed by atoms with Crippen LogP contribution in [-0.4, -0.2) is 35.1 Å². The summed E-state index contributed by atoms with van der Waals surface area (Å²) in [6.07, 6.45) is 0.351. The monoisotopic (exact) mass is 326 g/mol. The van der Waals surface area contributed by atoms with E-state index < -0.39 is 0 Å². The summed E-state index contributed by atoms with van der Waals surface area (Å²) in [5, 5.41) is 22.8. The fraction of sp³-hybridized carbons (Fsp3) is 0.316. The third kappa shape index (κ3) is 3.08. The number of carbonyl (C=O) groups excluding carboxylic acids is 1. The van der Waals surface area contributed by atoms with Crippen molar-refractivity contribution < 1.29 is 15.0 Å². The molecule has 1 unspecified atom stereocenters. The predicted molar refractivity (Wildman–Crippen MR) is 93.4 cm³/mol. The number of rotatable bonds is 3. The van der Waals surface area contributed by atoms with E-state index in [0.29, 0.717) is 18.7 Å². The summed E-state index contributed by atoms with van der Waals surface area (Å²) in [4.78, 5) is 14.1. The molecule has 0 radical (unpaired) electrons. The second-order valence-electron chi connectivity index (χ2n) is 6.66. The van der Waals surface area contributed by atoms with Crippen LogP contribution in [0.15, 0.2) is 30.3 Å². The van der Waals surface area contributed by atoms with Crippen molar-refractivity contribution in [2.75, 3.05) is 19.4 Å². The fourth-order valence-electron chi connectivity index (χ4n) is 3.20. The van der Waals surface area contributed by atoms with Crippen molar-refractivity contribution in [3.63, 3.8) is 0 Å². The molecule has 0 bridgehead atoms. The Kier molecular flexibility index (Phi) is 4.20. The predicted octanol–water partition coefficient (Wildman–Crippen LogP) is 2.94. The Morgan fingerprint density at radius 1 is 1.17 bits per heavy atom. The molecule has 2 aromatic carbocycles. The summed E-state index contributed by atoms with van der Waals surface area (Å²) in [6.45, 7) is 2.47. The normalized spacial score (nSPS) is 16.8. The summed E-state index contributed by atoms with van der Waals surface area (Å²) in [6, 6.07) is 9.05. The number of nitrogens with one attached hydrogen (secondary N) is 1. The van der Waals surface area contributed by atoms with Crippen molar-refractivity contribution in [2.24, 2.45) is 0 Å². The van der Waals surface area contributed by atoms with E-state index in [1.54, 1.807) is 12.1 Å². The van der Waals surface area contributed by atoms with Gasteiger partial charge < -0.3 is 20.4 Å². The van der Waals surface area contributed by atoms with Crippen molar-refractivity contribution in [2.45, 2.75) is 25.8 Å². The van der Waals surface area contributed by atoms with Crippen molar-refractivity contribution in [1.82, 2.24) is 4.90 Å². The Balaban J connectivity index is 2.07. The van der Waals surface area contributed by atoms with Gasteiger partial charge in [0.1, 0.15) is 11.5 Å². The number of hydrogen-bond acceptors (Lipinski definition) is 4. The van der Waals surface area contributed by atoms with Crippen LogP contribution >= 0.6 is 0 Å². The molecule has 1 aliphatic heterocycles. The van der Waals surface area contributed by atoms with Gasteiger partial charge in [0.2, 0.25) is 5.91 Å². The molecule has 1 amide bonds. The van der Waals surface area contributed by atoms with E-state index in [1.165, 1.54) is 0 Å². The molecular weight excluding hydrogens is 304 g/mol. The second-order valence-corrected chi connectivity index (χ2v) is 6.66. The molecule has 126 valence electrons. The highest BCUT2D eigenvalue weighted by Crippen LogP contribution is 2.40. The third-order valence-electron chi connectivity index (χ3n) is 4.40. The van der Waals surface area contributed by atoms with Crippen LogP contribution in [0.4, 0.5) is 5.69 Å². The SMILES string of the molecule is Cc1cc2c(cc1O)NC(=O)CC2c1ccc(O)c(CN(C)C)c1. The quantitative estimate of drug-likeness (QED) is 0.811. The van der Waals surface area contributed by atoms with Crippen molar-refractivity contribution in [1.29, 1.82) is 0 Å². The zero-order valence-electron chi connectivity index (χ0n) is 14.1. The molecule has 0 aromatic heterocycles. The molecule has 24 heavy (non-hydrogen) atoms. The minimum absolute atomic E-state index is 0.0713. The van der Waals surface area contributed by atoms with Crippen LogP contribution in [0.2, 0.25) is 0 Å². The highest BCUT2D eigenvalue weighted by molar-refractivity contribution is 5.95. The summed E-state index contributed by atoms with van der Waals surface area (Å²) < 4.78 is 0. The van der Waals surface area contributed by atoms with Gasteiger partial charge in [-0.15, -0.1) is 0 Å². The number of aromatic hydroxyl groups is 2. The lowest BCUT2D eigenvalue weighted by atomic mass is 9.83. The van der Waals surface area contributed by atoms with E-state index in [9.17, 15) is 15.0 Å².